The summed E-state index contributed by atoms with van der Waals surface area (Å²) in [5.74, 6) is 0. The van der Waals surface area contributed by atoms with Crippen molar-refractivity contribution in [1.29, 1.82) is 0 Å². The van der Waals surface area contributed by atoms with Crippen LogP contribution < -0.4 is 11.1 Å². The Morgan fingerprint density at radius 1 is 1.23 bits per heavy atom. The van der Waals surface area contributed by atoms with Crippen LogP contribution in [0.5, 0.6) is 0 Å². The van der Waals surface area contributed by atoms with E-state index in [1.165, 1.54) is 0 Å². The molecule has 22 heavy (non-hydrogen) atoms. The lowest BCUT2D eigenvalue weighted by Gasteiger charge is -2.05. The van der Waals surface area contributed by atoms with Crippen LogP contribution >= 0.6 is 11.6 Å². The van der Waals surface area contributed by atoms with Crippen LogP contribution in [0.1, 0.15) is 11.1 Å². The maximum absolute atomic E-state index is 11.5. The molecule has 1 amide bonds. The second kappa shape index (κ2) is 8.10. The van der Waals surface area contributed by atoms with Gasteiger partial charge >= 0.3 is 6.09 Å². The fourth-order valence-corrected chi connectivity index (χ4v) is 1.95. The van der Waals surface area contributed by atoms with E-state index in [0.29, 0.717) is 17.3 Å². The van der Waals surface area contributed by atoms with Crippen molar-refractivity contribution in [2.24, 2.45) is 0 Å². The van der Waals surface area contributed by atoms with E-state index >= 15 is 0 Å². The lowest BCUT2D eigenvalue weighted by atomic mass is 10.2. The Kier molecular flexibility index (Phi) is 5.86. The molecule has 0 aliphatic carbocycles. The lowest BCUT2D eigenvalue weighted by molar-refractivity contribution is 0.141. The number of alkyl carbamates (subject to hydrolysis) is 1. The molecule has 0 atom stereocenters. The lowest BCUT2D eigenvalue weighted by Crippen LogP contribution is -2.24. The first-order valence-electron chi connectivity index (χ1n) is 6.81. The molecule has 4 nitrogen and oxygen atoms in total. The summed E-state index contributed by atoms with van der Waals surface area (Å²) in [7, 11) is 0. The largest absolute Gasteiger partial charge is 0.445 e. The van der Waals surface area contributed by atoms with Crippen LogP contribution in [-0.4, -0.2) is 12.6 Å². The summed E-state index contributed by atoms with van der Waals surface area (Å²) in [5.41, 5.74) is 8.04. The van der Waals surface area contributed by atoms with Gasteiger partial charge in [-0.1, -0.05) is 60.2 Å². The van der Waals surface area contributed by atoms with Gasteiger partial charge in [0.1, 0.15) is 6.61 Å². The first-order valence-corrected chi connectivity index (χ1v) is 7.19. The highest BCUT2D eigenvalue weighted by atomic mass is 35.5. The minimum Gasteiger partial charge on any atom is -0.445 e. The van der Waals surface area contributed by atoms with Crippen molar-refractivity contribution in [3.8, 4) is 0 Å². The predicted octanol–water partition coefficient (Wildman–Crippen LogP) is 3.86. The Morgan fingerprint density at radius 2 is 2.00 bits per heavy atom. The number of nitrogen functional groups attached to an aromatic ring is 1. The van der Waals surface area contributed by atoms with Gasteiger partial charge in [-0.15, -0.1) is 0 Å². The van der Waals surface area contributed by atoms with Gasteiger partial charge in [0.25, 0.3) is 0 Å². The number of carbonyl (C=O) groups excluding carboxylic acids is 1. The van der Waals surface area contributed by atoms with E-state index in [4.69, 9.17) is 22.1 Å². The molecule has 0 spiro atoms. The van der Waals surface area contributed by atoms with Gasteiger partial charge in [-0.25, -0.2) is 4.79 Å². The number of halogens is 1. The maximum atomic E-state index is 11.5. The van der Waals surface area contributed by atoms with Crippen molar-refractivity contribution in [3.05, 3.63) is 70.8 Å². The van der Waals surface area contributed by atoms with Crippen molar-refractivity contribution in [3.63, 3.8) is 0 Å². The van der Waals surface area contributed by atoms with Crippen LogP contribution in [0, 0.1) is 0 Å². The van der Waals surface area contributed by atoms with Crippen molar-refractivity contribution >= 4 is 29.5 Å². The van der Waals surface area contributed by atoms with E-state index in [-0.39, 0.29) is 6.61 Å². The highest BCUT2D eigenvalue weighted by Gasteiger charge is 2.00. The van der Waals surface area contributed by atoms with Crippen LogP contribution in [0.15, 0.2) is 54.6 Å². The molecule has 0 saturated carbocycles. The molecule has 2 rings (SSSR count). The minimum absolute atomic E-state index is 0.254. The summed E-state index contributed by atoms with van der Waals surface area (Å²) in [6, 6.07) is 14.9. The van der Waals surface area contributed by atoms with Gasteiger partial charge in [-0.05, 0) is 23.3 Å². The third-order valence-corrected chi connectivity index (χ3v) is 3.24. The smallest absolute Gasteiger partial charge is 0.407 e. The normalized spacial score (nSPS) is 10.6. The van der Waals surface area contributed by atoms with Crippen molar-refractivity contribution in [2.45, 2.75) is 6.61 Å². The molecular weight excluding hydrogens is 300 g/mol. The molecule has 0 aromatic heterocycles. The topological polar surface area (TPSA) is 64.3 Å². The third kappa shape index (κ3) is 5.14. The number of hydrogen-bond donors (Lipinski definition) is 2. The van der Waals surface area contributed by atoms with Crippen LogP contribution in [-0.2, 0) is 11.3 Å². The summed E-state index contributed by atoms with van der Waals surface area (Å²) in [5, 5.41) is 3.15. The summed E-state index contributed by atoms with van der Waals surface area (Å²) < 4.78 is 5.09. The van der Waals surface area contributed by atoms with Gasteiger partial charge < -0.3 is 15.8 Å². The van der Waals surface area contributed by atoms with E-state index in [9.17, 15) is 4.79 Å². The first kappa shape index (κ1) is 15.9. The predicted molar refractivity (Wildman–Crippen MR) is 89.5 cm³/mol. The van der Waals surface area contributed by atoms with Gasteiger partial charge in [0.2, 0.25) is 0 Å². The number of benzene rings is 2. The molecule has 0 fully saturated rings. The Hall–Kier alpha value is -2.46. The molecule has 0 radical (unpaired) electrons. The van der Waals surface area contributed by atoms with Crippen molar-refractivity contribution in [1.82, 2.24) is 5.32 Å². The molecule has 2 aromatic carbocycles. The number of ether oxygens (including phenoxy) is 1. The van der Waals surface area contributed by atoms with E-state index in [2.05, 4.69) is 5.32 Å². The van der Waals surface area contributed by atoms with Crippen molar-refractivity contribution in [2.75, 3.05) is 12.3 Å². The highest BCUT2D eigenvalue weighted by Crippen LogP contribution is 2.20. The van der Waals surface area contributed by atoms with Crippen LogP contribution in [0.2, 0.25) is 5.02 Å². The monoisotopic (exact) mass is 316 g/mol. The second-order valence-corrected chi connectivity index (χ2v) is 5.03. The zero-order valence-corrected chi connectivity index (χ0v) is 12.7. The first-order chi connectivity index (χ1) is 10.6. The number of amides is 1. The highest BCUT2D eigenvalue weighted by molar-refractivity contribution is 6.33. The van der Waals surface area contributed by atoms with Gasteiger partial charge in [0.05, 0.1) is 10.7 Å². The second-order valence-electron chi connectivity index (χ2n) is 4.63. The Bertz CT molecular complexity index is 657. The number of rotatable bonds is 5. The van der Waals surface area contributed by atoms with E-state index < -0.39 is 6.09 Å². The fourth-order valence-electron chi connectivity index (χ4n) is 1.76. The number of carbonyl (C=O) groups is 1. The maximum Gasteiger partial charge on any atom is 0.407 e. The van der Waals surface area contributed by atoms with Crippen LogP contribution in [0.3, 0.4) is 0 Å². The average molecular weight is 317 g/mol. The molecule has 0 heterocycles. The minimum atomic E-state index is -0.455. The molecule has 0 unspecified atom stereocenters. The summed E-state index contributed by atoms with van der Waals surface area (Å²) in [6.45, 7) is 0.625. The van der Waals surface area contributed by atoms with Gasteiger partial charge in [-0.3, -0.25) is 0 Å². The summed E-state index contributed by atoms with van der Waals surface area (Å²) in [6.07, 6.45) is 3.21. The third-order valence-electron chi connectivity index (χ3n) is 2.91. The van der Waals surface area contributed by atoms with Crippen LogP contribution in [0.25, 0.3) is 6.08 Å². The zero-order valence-electron chi connectivity index (χ0n) is 12.0. The number of anilines is 1. The molecule has 0 saturated heterocycles. The Labute approximate surface area is 134 Å². The summed E-state index contributed by atoms with van der Waals surface area (Å²) >= 11 is 5.93. The van der Waals surface area contributed by atoms with Crippen molar-refractivity contribution < 1.29 is 9.53 Å². The van der Waals surface area contributed by atoms with E-state index in [0.717, 1.165) is 11.1 Å². The molecule has 2 aromatic rings. The Balaban J connectivity index is 1.72. The van der Waals surface area contributed by atoms with Gasteiger partial charge in [-0.2, -0.15) is 0 Å². The quantitative estimate of drug-likeness (QED) is 0.823. The standard InChI is InChI=1S/C17H17ClN2O2/c18-15-11-13(8-9-16(15)19)7-4-10-20-17(21)22-12-14-5-2-1-3-6-14/h1-9,11H,10,12,19H2,(H,20,21). The molecule has 5 heteroatoms. The van der Waals surface area contributed by atoms with Gasteiger partial charge in [0, 0.05) is 6.54 Å². The fraction of sp³-hybridized carbons (Fsp3) is 0.118. The molecule has 3 N–H and O–H groups in total. The Morgan fingerprint density at radius 3 is 2.73 bits per heavy atom. The molecule has 114 valence electrons. The molecule has 0 aliphatic rings. The van der Waals surface area contributed by atoms with Gasteiger partial charge in [0.15, 0.2) is 0 Å². The summed E-state index contributed by atoms with van der Waals surface area (Å²) in [4.78, 5) is 11.5. The number of nitrogens with one attached hydrogen (secondary N) is 1. The molecular formula is C17H17ClN2O2. The SMILES string of the molecule is Nc1ccc(C=CCNC(=O)OCc2ccccc2)cc1Cl. The van der Waals surface area contributed by atoms with Crippen LogP contribution in [0.4, 0.5) is 10.5 Å². The number of nitrogens with two attached hydrogens (primary N) is 1. The molecule has 0 bridgehead atoms. The van der Waals surface area contributed by atoms with E-state index in [1.807, 2.05) is 48.6 Å². The average Bonchev–Trinajstić information content (AvgIpc) is 2.54. The molecule has 0 aliphatic heterocycles. The zero-order chi connectivity index (χ0) is 15.8. The number of hydrogen-bond acceptors (Lipinski definition) is 3. The van der Waals surface area contributed by atoms with E-state index in [1.54, 1.807) is 12.1 Å².